The number of piperidine rings is 3. The summed E-state index contributed by atoms with van der Waals surface area (Å²) in [7, 11) is -3.65. The molecule has 2 atom stereocenters. The zero-order valence-electron chi connectivity index (χ0n) is 34.0. The fourth-order valence-corrected chi connectivity index (χ4v) is 11.0. The summed E-state index contributed by atoms with van der Waals surface area (Å²) in [5, 5.41) is 13.6. The number of fused-ring (bicyclic) bond motifs is 2. The van der Waals surface area contributed by atoms with E-state index in [0.29, 0.717) is 56.4 Å². The van der Waals surface area contributed by atoms with Crippen molar-refractivity contribution >= 4 is 27.5 Å². The summed E-state index contributed by atoms with van der Waals surface area (Å²) >= 11 is 0. The third-order valence-electron chi connectivity index (χ3n) is 13.4. The van der Waals surface area contributed by atoms with Gasteiger partial charge in [0.05, 0.1) is 42.1 Å². The van der Waals surface area contributed by atoms with E-state index in [1.165, 1.54) is 28.6 Å². The maximum atomic E-state index is 14.7. The number of carbonyl (C=O) groups is 2. The van der Waals surface area contributed by atoms with E-state index in [-0.39, 0.29) is 81.6 Å². The van der Waals surface area contributed by atoms with E-state index in [0.717, 1.165) is 23.6 Å². The minimum absolute atomic E-state index is 0.0252. The van der Waals surface area contributed by atoms with Gasteiger partial charge in [0.15, 0.2) is 5.69 Å². The molecule has 12 nitrogen and oxygen atoms in total. The Morgan fingerprint density at radius 3 is 2.11 bits per heavy atom. The molecule has 5 aliphatic rings. The van der Waals surface area contributed by atoms with Crippen molar-refractivity contribution in [2.45, 2.75) is 88.7 Å². The number of alkyl halides is 6. The molecule has 5 aliphatic heterocycles. The van der Waals surface area contributed by atoms with Crippen LogP contribution in [0.2, 0.25) is 0 Å². The van der Waals surface area contributed by atoms with Crippen LogP contribution in [0.25, 0.3) is 0 Å². The molecule has 0 bridgehead atoms. The van der Waals surface area contributed by atoms with Gasteiger partial charge in [-0.15, -0.1) is 0 Å². The zero-order valence-corrected chi connectivity index (χ0v) is 34.8. The monoisotopic (exact) mass is 877 g/mol. The lowest BCUT2D eigenvalue weighted by atomic mass is 9.74. The smallest absolute Gasteiger partial charge is 0.376 e. The number of aromatic amines is 1. The molecule has 1 aromatic heterocycles. The summed E-state index contributed by atoms with van der Waals surface area (Å²) in [6, 6.07) is 9.40. The van der Waals surface area contributed by atoms with E-state index >= 15 is 0 Å². The number of ether oxygens (including phenoxy) is 1. The van der Waals surface area contributed by atoms with Gasteiger partial charge in [0, 0.05) is 63.5 Å². The normalized spacial score (nSPS) is 23.5. The standard InChI is InChI=1S/C42H49F6N7O5S/c1-40-25-54(61(2,58)59)20-14-35(40)55(51-37(40)39(57)53-18-12-27(13-19-53)29-5-3-4-6-32(29)41(43,44)45)21-9-26-7-8-30(33(23-26)42(46,47)48)28-10-16-52(17-11-28)38(56)36-31-24-60-22-15-34(31)49-50-36/h3-8,23,27-28,35H,9-22,24-25H2,1-2H3,(H,49,50). The number of likely N-dealkylation sites (tertiary alicyclic amines) is 2. The Hall–Kier alpha value is -4.49. The van der Waals surface area contributed by atoms with Crippen molar-refractivity contribution in [3.8, 4) is 0 Å². The van der Waals surface area contributed by atoms with Crippen molar-refractivity contribution in [1.29, 1.82) is 0 Å². The van der Waals surface area contributed by atoms with Crippen molar-refractivity contribution in [1.82, 2.24) is 29.3 Å². The average Bonchev–Trinajstić information content (AvgIpc) is 3.80. The van der Waals surface area contributed by atoms with Gasteiger partial charge in [0.1, 0.15) is 5.71 Å². The number of sulfonamides is 1. The van der Waals surface area contributed by atoms with Crippen LogP contribution in [0.4, 0.5) is 26.3 Å². The fourth-order valence-electron chi connectivity index (χ4n) is 10.0. The quantitative estimate of drug-likeness (QED) is 0.267. The SMILES string of the molecule is CC12CN(S(C)(=O)=O)CCC1N(CCc1ccc(C3CCN(C(=O)c4n[nH]c5c4COCC5)CC3)c(C(F)(F)F)c1)N=C2C(=O)N1CCC(c2ccccc2C(F)(F)F)CC1. The van der Waals surface area contributed by atoms with E-state index in [1.54, 1.807) is 33.9 Å². The molecule has 2 aromatic carbocycles. The lowest BCUT2D eigenvalue weighted by molar-refractivity contribution is -0.139. The van der Waals surface area contributed by atoms with Gasteiger partial charge in [-0.1, -0.05) is 37.3 Å². The van der Waals surface area contributed by atoms with Gasteiger partial charge in [-0.05, 0) is 79.2 Å². The van der Waals surface area contributed by atoms with Crippen molar-refractivity contribution in [3.05, 3.63) is 87.2 Å². The Bertz CT molecular complexity index is 2300. The number of amides is 2. The summed E-state index contributed by atoms with van der Waals surface area (Å²) < 4.78 is 118. The molecular formula is C42H49F6N7O5S. The maximum Gasteiger partial charge on any atom is 0.416 e. The molecule has 3 saturated heterocycles. The van der Waals surface area contributed by atoms with Crippen molar-refractivity contribution < 1.29 is 49.1 Å². The highest BCUT2D eigenvalue weighted by atomic mass is 32.2. The molecule has 330 valence electrons. The van der Waals surface area contributed by atoms with Gasteiger partial charge in [-0.2, -0.15) is 36.5 Å². The molecule has 2 amide bonds. The molecule has 1 N–H and O–H groups in total. The van der Waals surface area contributed by atoms with Crippen LogP contribution in [0, 0.1) is 5.41 Å². The number of benzene rings is 2. The van der Waals surface area contributed by atoms with Gasteiger partial charge in [-0.3, -0.25) is 19.7 Å². The van der Waals surface area contributed by atoms with Crippen LogP contribution in [-0.2, 0) is 51.4 Å². The fraction of sp³-hybridized carbons (Fsp3) is 0.571. The minimum Gasteiger partial charge on any atom is -0.376 e. The highest BCUT2D eigenvalue weighted by Gasteiger charge is 2.55. The zero-order chi connectivity index (χ0) is 43.5. The number of carbonyl (C=O) groups excluding carboxylic acids is 2. The number of nitrogens with one attached hydrogen (secondary N) is 1. The van der Waals surface area contributed by atoms with Crippen LogP contribution < -0.4 is 0 Å². The summed E-state index contributed by atoms with van der Waals surface area (Å²) in [6.45, 7) is 3.81. The first-order chi connectivity index (χ1) is 28.8. The van der Waals surface area contributed by atoms with Gasteiger partial charge in [-0.25, -0.2) is 12.7 Å². The molecule has 8 rings (SSSR count). The van der Waals surface area contributed by atoms with Gasteiger partial charge in [0.25, 0.3) is 11.8 Å². The first-order valence-electron chi connectivity index (χ1n) is 20.7. The molecule has 0 aliphatic carbocycles. The molecule has 6 heterocycles. The Morgan fingerprint density at radius 1 is 0.852 bits per heavy atom. The molecule has 19 heteroatoms. The highest BCUT2D eigenvalue weighted by Crippen LogP contribution is 2.44. The largest absolute Gasteiger partial charge is 0.416 e. The third kappa shape index (κ3) is 8.53. The number of halogens is 6. The first kappa shape index (κ1) is 43.2. The van der Waals surface area contributed by atoms with Crippen LogP contribution in [0.5, 0.6) is 0 Å². The number of hydrogen-bond donors (Lipinski definition) is 1. The van der Waals surface area contributed by atoms with Gasteiger partial charge < -0.3 is 14.5 Å². The van der Waals surface area contributed by atoms with E-state index < -0.39 is 62.7 Å². The number of nitrogens with zero attached hydrogens (tertiary/aromatic N) is 6. The van der Waals surface area contributed by atoms with E-state index in [9.17, 15) is 44.3 Å². The topological polar surface area (TPSA) is 132 Å². The van der Waals surface area contributed by atoms with Crippen LogP contribution in [0.15, 0.2) is 47.6 Å². The Balaban J connectivity index is 0.968. The van der Waals surface area contributed by atoms with Crippen molar-refractivity contribution in [2.24, 2.45) is 10.5 Å². The molecule has 3 fully saturated rings. The number of H-pyrrole nitrogens is 1. The van der Waals surface area contributed by atoms with E-state index in [2.05, 4.69) is 10.2 Å². The Morgan fingerprint density at radius 2 is 1.48 bits per heavy atom. The minimum atomic E-state index is -4.64. The molecule has 0 saturated carbocycles. The van der Waals surface area contributed by atoms with E-state index in [1.807, 2.05) is 0 Å². The van der Waals surface area contributed by atoms with Gasteiger partial charge >= 0.3 is 12.4 Å². The molecule has 0 radical (unpaired) electrons. The number of hydrogen-bond acceptors (Lipinski definition) is 8. The third-order valence-corrected chi connectivity index (χ3v) is 14.6. The van der Waals surface area contributed by atoms with Crippen LogP contribution >= 0.6 is 0 Å². The molecule has 0 spiro atoms. The number of rotatable bonds is 8. The molecule has 61 heavy (non-hydrogen) atoms. The van der Waals surface area contributed by atoms with Crippen LogP contribution in [0.3, 0.4) is 0 Å². The predicted molar refractivity (Wildman–Crippen MR) is 212 cm³/mol. The Kier molecular flexibility index (Phi) is 11.6. The Labute approximate surface area is 350 Å². The van der Waals surface area contributed by atoms with Crippen molar-refractivity contribution in [3.63, 3.8) is 0 Å². The average molecular weight is 878 g/mol. The summed E-state index contributed by atoms with van der Waals surface area (Å²) in [5.41, 5.74) is 0.317. The summed E-state index contributed by atoms with van der Waals surface area (Å²) in [4.78, 5) is 30.8. The first-order valence-corrected chi connectivity index (χ1v) is 22.6. The lowest BCUT2D eigenvalue weighted by Gasteiger charge is -2.44. The van der Waals surface area contributed by atoms with Crippen LogP contribution in [-0.4, -0.2) is 120 Å². The summed E-state index contributed by atoms with van der Waals surface area (Å²) in [6.07, 6.45) is -5.67. The number of hydrazone groups is 1. The number of aromatic nitrogens is 2. The highest BCUT2D eigenvalue weighted by molar-refractivity contribution is 7.88. The second kappa shape index (κ2) is 16.3. The molecule has 2 unspecified atom stereocenters. The maximum absolute atomic E-state index is 14.7. The summed E-state index contributed by atoms with van der Waals surface area (Å²) in [5.74, 6) is -1.53. The van der Waals surface area contributed by atoms with Crippen LogP contribution in [0.1, 0.15) is 100 Å². The second-order valence-corrected chi connectivity index (χ2v) is 19.1. The molecular weight excluding hydrogens is 829 g/mol. The lowest BCUT2D eigenvalue weighted by Crippen LogP contribution is -2.58. The molecule has 3 aromatic rings. The van der Waals surface area contributed by atoms with Gasteiger partial charge in [0.2, 0.25) is 10.0 Å². The van der Waals surface area contributed by atoms with Crippen molar-refractivity contribution in [2.75, 3.05) is 58.7 Å². The predicted octanol–water partition coefficient (Wildman–Crippen LogP) is 6.20. The second-order valence-electron chi connectivity index (χ2n) is 17.1. The van der Waals surface area contributed by atoms with E-state index in [4.69, 9.17) is 9.84 Å².